The van der Waals surface area contributed by atoms with E-state index >= 15 is 0 Å². The standard InChI is InChI=1S/C18H25ClN4O3S/c1-7-22(6)27(25,26)18-13(4)21-23(14(18)5)10-16(24)20-17-12(3)8-11(2)9-15(17)19/h8-9H,7,10H2,1-6H3,(H,20,24). The number of hydrogen-bond acceptors (Lipinski definition) is 4. The predicted octanol–water partition coefficient (Wildman–Crippen LogP) is 3.05. The number of carbonyl (C=O) groups is 1. The second-order valence-corrected chi connectivity index (χ2v) is 8.95. The molecule has 1 amide bonds. The minimum absolute atomic E-state index is 0.109. The molecule has 1 N–H and O–H groups in total. The number of benzene rings is 1. The molecule has 0 aliphatic heterocycles. The van der Waals surface area contributed by atoms with E-state index in [9.17, 15) is 13.2 Å². The van der Waals surface area contributed by atoms with Crippen molar-refractivity contribution in [1.82, 2.24) is 14.1 Å². The smallest absolute Gasteiger partial charge is 0.246 e. The molecule has 0 bridgehead atoms. The second kappa shape index (κ2) is 8.00. The number of halogens is 1. The van der Waals surface area contributed by atoms with Crippen LogP contribution in [0.3, 0.4) is 0 Å². The van der Waals surface area contributed by atoms with Crippen LogP contribution in [-0.2, 0) is 21.4 Å². The van der Waals surface area contributed by atoms with E-state index in [2.05, 4.69) is 10.4 Å². The van der Waals surface area contributed by atoms with E-state index in [4.69, 9.17) is 11.6 Å². The summed E-state index contributed by atoms with van der Waals surface area (Å²) >= 11 is 6.23. The van der Waals surface area contributed by atoms with Crippen molar-refractivity contribution in [3.63, 3.8) is 0 Å². The number of aryl methyl sites for hydroxylation is 3. The Morgan fingerprint density at radius 1 is 1.26 bits per heavy atom. The quantitative estimate of drug-likeness (QED) is 0.790. The fourth-order valence-electron chi connectivity index (χ4n) is 2.92. The van der Waals surface area contributed by atoms with E-state index in [0.29, 0.717) is 28.6 Å². The Bertz CT molecular complexity index is 960. The van der Waals surface area contributed by atoms with E-state index in [-0.39, 0.29) is 17.3 Å². The largest absolute Gasteiger partial charge is 0.323 e. The summed E-state index contributed by atoms with van der Waals surface area (Å²) in [7, 11) is -2.13. The lowest BCUT2D eigenvalue weighted by Gasteiger charge is -2.15. The van der Waals surface area contributed by atoms with E-state index in [1.807, 2.05) is 19.9 Å². The van der Waals surface area contributed by atoms with Crippen molar-refractivity contribution in [3.8, 4) is 0 Å². The maximum absolute atomic E-state index is 12.7. The number of anilines is 1. The van der Waals surface area contributed by atoms with Gasteiger partial charge in [-0.05, 0) is 44.9 Å². The number of nitrogens with one attached hydrogen (secondary N) is 1. The van der Waals surface area contributed by atoms with Gasteiger partial charge >= 0.3 is 0 Å². The Hall–Kier alpha value is -1.90. The van der Waals surface area contributed by atoms with Gasteiger partial charge in [-0.3, -0.25) is 9.48 Å². The van der Waals surface area contributed by atoms with Crippen molar-refractivity contribution in [1.29, 1.82) is 0 Å². The van der Waals surface area contributed by atoms with E-state index in [1.165, 1.54) is 16.0 Å². The highest BCUT2D eigenvalue weighted by molar-refractivity contribution is 7.89. The van der Waals surface area contributed by atoms with Gasteiger partial charge in [0.25, 0.3) is 0 Å². The second-order valence-electron chi connectivity index (χ2n) is 6.56. The Balaban J connectivity index is 2.29. The van der Waals surface area contributed by atoms with Crippen LogP contribution in [0.2, 0.25) is 5.02 Å². The molecule has 1 aromatic heterocycles. The van der Waals surface area contributed by atoms with Gasteiger partial charge in [-0.1, -0.05) is 24.6 Å². The fraction of sp³-hybridized carbons (Fsp3) is 0.444. The first kappa shape index (κ1) is 21.4. The molecule has 0 radical (unpaired) electrons. The monoisotopic (exact) mass is 412 g/mol. The van der Waals surface area contributed by atoms with E-state index < -0.39 is 10.0 Å². The number of rotatable bonds is 6. The first-order chi connectivity index (χ1) is 12.5. The predicted molar refractivity (Wildman–Crippen MR) is 107 cm³/mol. The molecule has 148 valence electrons. The lowest BCUT2D eigenvalue weighted by Crippen LogP contribution is -2.27. The maximum atomic E-state index is 12.7. The molecule has 0 saturated carbocycles. The molecule has 0 fully saturated rings. The molecule has 0 atom stereocenters. The molecule has 27 heavy (non-hydrogen) atoms. The van der Waals surface area contributed by atoms with Crippen LogP contribution in [0.15, 0.2) is 17.0 Å². The van der Waals surface area contributed by atoms with E-state index in [0.717, 1.165) is 11.1 Å². The number of carbonyl (C=O) groups excluding carboxylic acids is 1. The molecule has 1 aromatic carbocycles. The fourth-order valence-corrected chi connectivity index (χ4v) is 4.84. The average Bonchev–Trinajstić information content (AvgIpc) is 2.84. The molecule has 0 aliphatic carbocycles. The van der Waals surface area contributed by atoms with Gasteiger partial charge < -0.3 is 5.32 Å². The molecule has 2 aromatic rings. The molecule has 2 rings (SSSR count). The van der Waals surface area contributed by atoms with Crippen molar-refractivity contribution in [2.24, 2.45) is 0 Å². The lowest BCUT2D eigenvalue weighted by atomic mass is 10.1. The molecular formula is C18H25ClN4O3S. The van der Waals surface area contributed by atoms with Gasteiger partial charge in [0, 0.05) is 13.6 Å². The van der Waals surface area contributed by atoms with Gasteiger partial charge in [-0.2, -0.15) is 5.10 Å². The number of aromatic nitrogens is 2. The molecule has 9 heteroatoms. The van der Waals surface area contributed by atoms with Crippen LogP contribution in [0, 0.1) is 27.7 Å². The van der Waals surface area contributed by atoms with Crippen LogP contribution in [0.1, 0.15) is 29.4 Å². The van der Waals surface area contributed by atoms with Crippen molar-refractivity contribution in [2.75, 3.05) is 18.9 Å². The third-order valence-corrected chi connectivity index (χ3v) is 6.90. The minimum atomic E-state index is -3.65. The summed E-state index contributed by atoms with van der Waals surface area (Å²) < 4.78 is 28.0. The van der Waals surface area contributed by atoms with Crippen molar-refractivity contribution < 1.29 is 13.2 Å². The zero-order valence-electron chi connectivity index (χ0n) is 16.4. The summed E-state index contributed by atoms with van der Waals surface area (Å²) in [5.74, 6) is -0.331. The van der Waals surface area contributed by atoms with Crippen LogP contribution in [0.25, 0.3) is 0 Å². The molecule has 0 aliphatic rings. The Kier molecular flexibility index (Phi) is 6.34. The summed E-state index contributed by atoms with van der Waals surface area (Å²) in [4.78, 5) is 12.6. The first-order valence-electron chi connectivity index (χ1n) is 8.56. The van der Waals surface area contributed by atoms with Crippen LogP contribution >= 0.6 is 11.6 Å². The van der Waals surface area contributed by atoms with Crippen molar-refractivity contribution in [2.45, 2.75) is 46.1 Å². The van der Waals surface area contributed by atoms with Crippen LogP contribution in [0.4, 0.5) is 5.69 Å². The number of sulfonamides is 1. The number of nitrogens with zero attached hydrogens (tertiary/aromatic N) is 3. The number of hydrogen-bond donors (Lipinski definition) is 1. The third kappa shape index (κ3) is 4.34. The third-order valence-electron chi connectivity index (χ3n) is 4.42. The van der Waals surface area contributed by atoms with Crippen LogP contribution in [-0.4, -0.2) is 42.0 Å². The Morgan fingerprint density at radius 2 is 1.89 bits per heavy atom. The van der Waals surface area contributed by atoms with Crippen LogP contribution < -0.4 is 5.32 Å². The van der Waals surface area contributed by atoms with Crippen LogP contribution in [0.5, 0.6) is 0 Å². The molecule has 0 unspecified atom stereocenters. The summed E-state index contributed by atoms with van der Waals surface area (Å²) in [5.41, 5.74) is 3.20. The highest BCUT2D eigenvalue weighted by atomic mass is 35.5. The summed E-state index contributed by atoms with van der Waals surface area (Å²) in [5, 5.41) is 7.50. The first-order valence-corrected chi connectivity index (χ1v) is 10.4. The Labute approximate surface area is 165 Å². The lowest BCUT2D eigenvalue weighted by molar-refractivity contribution is -0.116. The maximum Gasteiger partial charge on any atom is 0.246 e. The number of amides is 1. The van der Waals surface area contributed by atoms with Gasteiger partial charge in [-0.15, -0.1) is 0 Å². The van der Waals surface area contributed by atoms with Gasteiger partial charge in [0.05, 0.1) is 22.1 Å². The normalized spacial score (nSPS) is 11.9. The van der Waals surface area contributed by atoms with Gasteiger partial charge in [0.15, 0.2) is 0 Å². The SMILES string of the molecule is CCN(C)S(=O)(=O)c1c(C)nn(CC(=O)Nc2c(C)cc(C)cc2Cl)c1C. The zero-order chi connectivity index (χ0) is 20.5. The zero-order valence-corrected chi connectivity index (χ0v) is 18.0. The highest BCUT2D eigenvalue weighted by Gasteiger charge is 2.28. The molecule has 0 saturated heterocycles. The molecular weight excluding hydrogens is 388 g/mol. The average molecular weight is 413 g/mol. The molecule has 0 spiro atoms. The highest BCUT2D eigenvalue weighted by Crippen LogP contribution is 2.27. The Morgan fingerprint density at radius 3 is 2.44 bits per heavy atom. The van der Waals surface area contributed by atoms with Crippen molar-refractivity contribution in [3.05, 3.63) is 39.7 Å². The van der Waals surface area contributed by atoms with Gasteiger partial charge in [0.2, 0.25) is 15.9 Å². The van der Waals surface area contributed by atoms with Gasteiger partial charge in [-0.25, -0.2) is 12.7 Å². The summed E-state index contributed by atoms with van der Waals surface area (Å²) in [6.45, 7) is 9.05. The minimum Gasteiger partial charge on any atom is -0.323 e. The van der Waals surface area contributed by atoms with Gasteiger partial charge in [0.1, 0.15) is 11.4 Å². The molecule has 1 heterocycles. The van der Waals surface area contributed by atoms with E-state index in [1.54, 1.807) is 26.8 Å². The topological polar surface area (TPSA) is 84.3 Å². The summed E-state index contributed by atoms with van der Waals surface area (Å²) in [6, 6.07) is 3.70. The van der Waals surface area contributed by atoms with Crippen molar-refractivity contribution >= 4 is 33.2 Å². The molecule has 7 nitrogen and oxygen atoms in total. The summed E-state index contributed by atoms with van der Waals surface area (Å²) in [6.07, 6.45) is 0.